The second-order valence-electron chi connectivity index (χ2n) is 6.62. The average molecular weight is 406 g/mol. The summed E-state index contributed by atoms with van der Waals surface area (Å²) in [6.45, 7) is 2.11. The van der Waals surface area contributed by atoms with Crippen molar-refractivity contribution < 1.29 is 13.9 Å². The molecule has 2 aliphatic heterocycles. The largest absolute Gasteiger partial charge is 0.454 e. The van der Waals surface area contributed by atoms with Crippen LogP contribution in [0, 0.1) is 5.82 Å². The number of rotatable bonds is 4. The topological polar surface area (TPSA) is 71.0 Å². The summed E-state index contributed by atoms with van der Waals surface area (Å²) in [6.07, 6.45) is 2.47. The molecule has 2 aromatic rings. The third-order valence-electron chi connectivity index (χ3n) is 4.74. The molecule has 0 radical (unpaired) electrons. The number of halogens is 2. The minimum Gasteiger partial charge on any atom is -0.454 e. The molecule has 1 saturated heterocycles. The van der Waals surface area contributed by atoms with Crippen LogP contribution in [0.15, 0.2) is 35.5 Å². The summed E-state index contributed by atoms with van der Waals surface area (Å²) in [4.78, 5) is 10.4. The molecule has 2 aliphatic rings. The molecule has 3 heterocycles. The Morgan fingerprint density at radius 2 is 2.32 bits per heavy atom. The predicted molar refractivity (Wildman–Crippen MR) is 106 cm³/mol. The third-order valence-corrected chi connectivity index (χ3v) is 5.02. The van der Waals surface area contributed by atoms with Crippen LogP contribution in [0.5, 0.6) is 11.5 Å². The summed E-state index contributed by atoms with van der Waals surface area (Å²) in [5, 5.41) is 7.18. The van der Waals surface area contributed by atoms with E-state index in [2.05, 4.69) is 20.6 Å². The molecule has 148 valence electrons. The van der Waals surface area contributed by atoms with Crippen molar-refractivity contribution in [3.63, 3.8) is 0 Å². The van der Waals surface area contributed by atoms with Gasteiger partial charge in [0.1, 0.15) is 0 Å². The van der Waals surface area contributed by atoms with Crippen molar-refractivity contribution in [2.24, 2.45) is 4.99 Å². The number of benzene rings is 1. The maximum Gasteiger partial charge on any atom is 0.231 e. The number of fused-ring (bicyclic) bond motifs is 1. The number of guanidine groups is 1. The van der Waals surface area contributed by atoms with E-state index in [0.717, 1.165) is 18.5 Å². The summed E-state index contributed by atoms with van der Waals surface area (Å²) in [5.74, 6) is 1.99. The molecular weight excluding hydrogens is 385 g/mol. The normalized spacial score (nSPS) is 18.5. The van der Waals surface area contributed by atoms with Crippen molar-refractivity contribution in [3.05, 3.63) is 46.9 Å². The van der Waals surface area contributed by atoms with Crippen LogP contribution < -0.4 is 25.0 Å². The van der Waals surface area contributed by atoms with Gasteiger partial charge < -0.3 is 25.0 Å². The van der Waals surface area contributed by atoms with Crippen LogP contribution in [-0.2, 0) is 6.54 Å². The fraction of sp³-hybridized carbons (Fsp3) is 0.368. The molecule has 2 N–H and O–H groups in total. The van der Waals surface area contributed by atoms with Gasteiger partial charge in [-0.2, -0.15) is 0 Å². The number of hydrogen-bond acceptors (Lipinski definition) is 5. The quantitative estimate of drug-likeness (QED) is 0.601. The van der Waals surface area contributed by atoms with Gasteiger partial charge in [0.2, 0.25) is 6.79 Å². The van der Waals surface area contributed by atoms with Gasteiger partial charge >= 0.3 is 0 Å². The molecule has 0 spiro atoms. The first-order valence-electron chi connectivity index (χ1n) is 9.04. The summed E-state index contributed by atoms with van der Waals surface area (Å²) >= 11 is 6.23. The summed E-state index contributed by atoms with van der Waals surface area (Å²) < 4.78 is 24.7. The average Bonchev–Trinajstić information content (AvgIpc) is 3.35. The molecule has 0 amide bonds. The Labute approximate surface area is 167 Å². The van der Waals surface area contributed by atoms with E-state index < -0.39 is 0 Å². The Balaban J connectivity index is 1.33. The lowest BCUT2D eigenvalue weighted by atomic mass is 10.2. The molecule has 0 saturated carbocycles. The van der Waals surface area contributed by atoms with E-state index in [4.69, 9.17) is 21.1 Å². The van der Waals surface area contributed by atoms with Gasteiger partial charge in [0.05, 0.1) is 5.02 Å². The fourth-order valence-electron chi connectivity index (χ4n) is 3.38. The summed E-state index contributed by atoms with van der Waals surface area (Å²) in [7, 11) is 1.72. The lowest BCUT2D eigenvalue weighted by Gasteiger charge is -2.20. The van der Waals surface area contributed by atoms with Crippen LogP contribution in [0.1, 0.15) is 12.0 Å². The Morgan fingerprint density at radius 3 is 3.14 bits per heavy atom. The number of aromatic nitrogens is 1. The van der Waals surface area contributed by atoms with Gasteiger partial charge in [-0.25, -0.2) is 9.37 Å². The number of pyridine rings is 1. The molecule has 1 aromatic heterocycles. The van der Waals surface area contributed by atoms with Gasteiger partial charge in [-0.15, -0.1) is 0 Å². The van der Waals surface area contributed by atoms with Crippen molar-refractivity contribution in [1.82, 2.24) is 15.6 Å². The van der Waals surface area contributed by atoms with Crippen LogP contribution >= 0.6 is 11.6 Å². The first kappa shape index (κ1) is 18.6. The molecule has 1 aromatic carbocycles. The monoisotopic (exact) mass is 405 g/mol. The van der Waals surface area contributed by atoms with Crippen molar-refractivity contribution in [1.29, 1.82) is 0 Å². The summed E-state index contributed by atoms with van der Waals surface area (Å²) in [5.41, 5.74) is 0.959. The molecule has 4 rings (SSSR count). The van der Waals surface area contributed by atoms with Crippen molar-refractivity contribution >= 4 is 23.4 Å². The van der Waals surface area contributed by atoms with Gasteiger partial charge in [0, 0.05) is 38.9 Å². The van der Waals surface area contributed by atoms with Gasteiger partial charge in [-0.3, -0.25) is 4.99 Å². The molecule has 28 heavy (non-hydrogen) atoms. The van der Waals surface area contributed by atoms with Crippen molar-refractivity contribution in [2.75, 3.05) is 31.8 Å². The summed E-state index contributed by atoms with van der Waals surface area (Å²) in [6, 6.07) is 6.92. The number of anilines is 1. The fourth-order valence-corrected chi connectivity index (χ4v) is 3.66. The SMILES string of the molecule is CN=C(NCc1cc(Cl)c2c(c1)OCO2)NC1CCN(c2ncccc2F)C1. The highest BCUT2D eigenvalue weighted by Gasteiger charge is 2.26. The minimum absolute atomic E-state index is 0.146. The predicted octanol–water partition coefficient (Wildman–Crippen LogP) is 2.55. The maximum absolute atomic E-state index is 13.9. The highest BCUT2D eigenvalue weighted by Crippen LogP contribution is 2.39. The molecule has 9 heteroatoms. The van der Waals surface area contributed by atoms with Crippen LogP contribution in [0.2, 0.25) is 5.02 Å². The Hall–Kier alpha value is -2.74. The van der Waals surface area contributed by atoms with E-state index in [0.29, 0.717) is 41.4 Å². The van der Waals surface area contributed by atoms with Crippen LogP contribution in [-0.4, -0.2) is 43.9 Å². The van der Waals surface area contributed by atoms with E-state index in [1.165, 1.54) is 6.07 Å². The van der Waals surface area contributed by atoms with E-state index in [1.807, 2.05) is 17.0 Å². The van der Waals surface area contributed by atoms with Crippen LogP contribution in [0.3, 0.4) is 0 Å². The maximum atomic E-state index is 13.9. The molecule has 1 unspecified atom stereocenters. The minimum atomic E-state index is -0.301. The zero-order valence-electron chi connectivity index (χ0n) is 15.4. The Morgan fingerprint density at radius 1 is 1.43 bits per heavy atom. The Bertz CT molecular complexity index is 895. The standard InChI is InChI=1S/C19H21ClFN5O2/c1-22-19(24-9-12-7-14(20)17-16(8-12)27-11-28-17)25-13-4-6-26(10-13)18-15(21)3-2-5-23-18/h2-3,5,7-8,13H,4,6,9-11H2,1H3,(H2,22,24,25). The highest BCUT2D eigenvalue weighted by molar-refractivity contribution is 6.32. The van der Waals surface area contributed by atoms with E-state index >= 15 is 0 Å². The number of nitrogens with one attached hydrogen (secondary N) is 2. The number of ether oxygens (including phenoxy) is 2. The molecular formula is C19H21ClFN5O2. The lowest BCUT2D eigenvalue weighted by molar-refractivity contribution is 0.174. The van der Waals surface area contributed by atoms with E-state index in [1.54, 1.807) is 19.3 Å². The number of hydrogen-bond donors (Lipinski definition) is 2. The molecule has 1 atom stereocenters. The van der Waals surface area contributed by atoms with Gasteiger partial charge in [-0.05, 0) is 36.2 Å². The Kier molecular flexibility index (Phi) is 5.38. The number of nitrogens with zero attached hydrogens (tertiary/aromatic N) is 3. The van der Waals surface area contributed by atoms with E-state index in [9.17, 15) is 4.39 Å². The molecule has 0 aliphatic carbocycles. The second kappa shape index (κ2) is 8.10. The third kappa shape index (κ3) is 3.91. The first-order valence-corrected chi connectivity index (χ1v) is 9.42. The second-order valence-corrected chi connectivity index (χ2v) is 7.03. The lowest BCUT2D eigenvalue weighted by Crippen LogP contribution is -2.44. The smallest absolute Gasteiger partial charge is 0.231 e. The zero-order chi connectivity index (χ0) is 19.5. The zero-order valence-corrected chi connectivity index (χ0v) is 16.2. The van der Waals surface area contributed by atoms with Gasteiger partial charge in [0.25, 0.3) is 0 Å². The van der Waals surface area contributed by atoms with Crippen molar-refractivity contribution in [3.8, 4) is 11.5 Å². The van der Waals surface area contributed by atoms with E-state index in [-0.39, 0.29) is 18.7 Å². The highest BCUT2D eigenvalue weighted by atomic mass is 35.5. The van der Waals surface area contributed by atoms with Crippen LogP contribution in [0.25, 0.3) is 0 Å². The molecule has 0 bridgehead atoms. The van der Waals surface area contributed by atoms with Gasteiger partial charge in [-0.1, -0.05) is 11.6 Å². The first-order chi connectivity index (χ1) is 13.6. The van der Waals surface area contributed by atoms with Crippen molar-refractivity contribution in [2.45, 2.75) is 19.0 Å². The number of aliphatic imine (C=N–C) groups is 1. The van der Waals surface area contributed by atoms with Gasteiger partial charge in [0.15, 0.2) is 29.1 Å². The molecule has 1 fully saturated rings. The molecule has 7 nitrogen and oxygen atoms in total. The van der Waals surface area contributed by atoms with Crippen LogP contribution in [0.4, 0.5) is 10.2 Å².